The van der Waals surface area contributed by atoms with Crippen LogP contribution in [0.4, 0.5) is 0 Å². The fourth-order valence-corrected chi connectivity index (χ4v) is 3.76. The second-order valence-corrected chi connectivity index (χ2v) is 6.57. The first-order valence-electron chi connectivity index (χ1n) is 8.21. The highest BCUT2D eigenvalue weighted by Crippen LogP contribution is 2.28. The molecule has 0 saturated carbocycles. The molecule has 0 spiro atoms. The molecule has 2 aliphatic rings. The number of benzene rings is 1. The summed E-state index contributed by atoms with van der Waals surface area (Å²) < 4.78 is 7.26. The summed E-state index contributed by atoms with van der Waals surface area (Å²) in [5.41, 5.74) is 2.34. The Hall–Kier alpha value is -2.41. The Morgan fingerprint density at radius 1 is 1.33 bits per heavy atom. The number of likely N-dealkylation sites (tertiary alicyclic amines) is 1. The van der Waals surface area contributed by atoms with Crippen molar-refractivity contribution in [3.05, 3.63) is 42.0 Å². The number of methoxy groups -OCH3 is 1. The average Bonchev–Trinajstić information content (AvgIpc) is 3.24. The highest BCUT2D eigenvalue weighted by atomic mass is 16.5. The smallest absolute Gasteiger partial charge is 0.220 e. The summed E-state index contributed by atoms with van der Waals surface area (Å²) in [6.45, 7) is 3.43. The van der Waals surface area contributed by atoms with Gasteiger partial charge in [-0.2, -0.15) is 5.10 Å². The highest BCUT2D eigenvalue weighted by molar-refractivity contribution is 5.79. The van der Waals surface area contributed by atoms with Crippen molar-refractivity contribution in [2.75, 3.05) is 20.2 Å². The number of nitrogens with zero attached hydrogens (tertiary/aromatic N) is 4. The van der Waals surface area contributed by atoms with Crippen molar-refractivity contribution in [1.29, 1.82) is 0 Å². The first kappa shape index (κ1) is 15.1. The van der Waals surface area contributed by atoms with E-state index in [1.807, 2.05) is 6.07 Å². The van der Waals surface area contributed by atoms with Crippen molar-refractivity contribution in [1.82, 2.24) is 25.0 Å². The fourth-order valence-electron chi connectivity index (χ4n) is 3.76. The number of aromatic nitrogens is 3. The van der Waals surface area contributed by atoms with Crippen molar-refractivity contribution in [3.8, 4) is 5.75 Å². The number of carbonyl (C=O) groups is 1. The third kappa shape index (κ3) is 2.99. The summed E-state index contributed by atoms with van der Waals surface area (Å²) in [5, 5.41) is 7.24. The molecule has 2 saturated heterocycles. The lowest BCUT2D eigenvalue weighted by atomic mass is 10.1. The van der Waals surface area contributed by atoms with Crippen LogP contribution in [0.25, 0.3) is 0 Å². The molecule has 7 nitrogen and oxygen atoms in total. The van der Waals surface area contributed by atoms with Gasteiger partial charge < -0.3 is 10.1 Å². The molecule has 0 unspecified atom stereocenters. The van der Waals surface area contributed by atoms with Gasteiger partial charge in [0.2, 0.25) is 5.91 Å². The third-order valence-corrected chi connectivity index (χ3v) is 4.86. The molecular formula is C17H21N5O2. The number of rotatable bonds is 5. The molecule has 3 heterocycles. The van der Waals surface area contributed by atoms with Gasteiger partial charge in [-0.15, -0.1) is 0 Å². The minimum Gasteiger partial charge on any atom is -0.496 e. The second-order valence-electron chi connectivity index (χ2n) is 6.57. The summed E-state index contributed by atoms with van der Waals surface area (Å²) in [5.74, 6) is 1.52. The van der Waals surface area contributed by atoms with Gasteiger partial charge >= 0.3 is 0 Å². The predicted molar refractivity (Wildman–Crippen MR) is 87.4 cm³/mol. The molecular weight excluding hydrogens is 306 g/mol. The largest absolute Gasteiger partial charge is 0.496 e. The van der Waals surface area contributed by atoms with E-state index >= 15 is 0 Å². The van der Waals surface area contributed by atoms with Gasteiger partial charge in [-0.25, -0.2) is 9.67 Å². The monoisotopic (exact) mass is 327 g/mol. The quantitative estimate of drug-likeness (QED) is 0.873. The van der Waals surface area contributed by atoms with Crippen molar-refractivity contribution < 1.29 is 9.53 Å². The second kappa shape index (κ2) is 6.24. The van der Waals surface area contributed by atoms with Gasteiger partial charge in [-0.05, 0) is 17.7 Å². The maximum absolute atomic E-state index is 11.4. The first-order chi connectivity index (χ1) is 11.7. The molecule has 1 aromatic heterocycles. The van der Waals surface area contributed by atoms with Crippen LogP contribution in [-0.2, 0) is 17.9 Å². The molecule has 0 radical (unpaired) electrons. The number of amides is 1. The fraction of sp³-hybridized carbons (Fsp3) is 0.471. The Kier molecular flexibility index (Phi) is 3.93. The van der Waals surface area contributed by atoms with Crippen LogP contribution in [0, 0.1) is 5.92 Å². The summed E-state index contributed by atoms with van der Waals surface area (Å²) in [6.07, 6.45) is 3.91. The average molecular weight is 327 g/mol. The summed E-state index contributed by atoms with van der Waals surface area (Å²) in [4.78, 5) is 17.8. The zero-order chi connectivity index (χ0) is 16.5. The SMILES string of the molecule is COc1ccc(CN2C[C@@H]3CC(=O)N[C@@H]3C2)cc1Cn1cncn1. The molecule has 0 bridgehead atoms. The molecule has 24 heavy (non-hydrogen) atoms. The van der Waals surface area contributed by atoms with E-state index in [4.69, 9.17) is 4.74 Å². The Bertz CT molecular complexity index is 715. The number of fused-ring (bicyclic) bond motifs is 1. The van der Waals surface area contributed by atoms with Crippen LogP contribution < -0.4 is 10.1 Å². The molecule has 7 heteroatoms. The molecule has 1 N–H and O–H groups in total. The Balaban J connectivity index is 1.47. The maximum atomic E-state index is 11.4. The molecule has 126 valence electrons. The van der Waals surface area contributed by atoms with E-state index in [1.165, 1.54) is 11.9 Å². The van der Waals surface area contributed by atoms with E-state index in [9.17, 15) is 4.79 Å². The lowest BCUT2D eigenvalue weighted by Gasteiger charge is -2.18. The van der Waals surface area contributed by atoms with Crippen molar-refractivity contribution in [2.24, 2.45) is 5.92 Å². The van der Waals surface area contributed by atoms with Gasteiger partial charge in [0.05, 0.1) is 13.7 Å². The van der Waals surface area contributed by atoms with Gasteiger partial charge in [-0.3, -0.25) is 9.69 Å². The van der Waals surface area contributed by atoms with Gasteiger partial charge in [0.1, 0.15) is 18.4 Å². The normalized spacial score (nSPS) is 23.3. The summed E-state index contributed by atoms with van der Waals surface area (Å²) in [7, 11) is 1.68. The van der Waals surface area contributed by atoms with Crippen molar-refractivity contribution >= 4 is 5.91 Å². The first-order valence-corrected chi connectivity index (χ1v) is 8.21. The minimum atomic E-state index is 0.198. The zero-order valence-electron chi connectivity index (χ0n) is 13.7. The highest BCUT2D eigenvalue weighted by Gasteiger charge is 2.39. The van der Waals surface area contributed by atoms with Gasteiger partial charge in [0, 0.05) is 43.6 Å². The lowest BCUT2D eigenvalue weighted by Crippen LogP contribution is -2.32. The Morgan fingerprint density at radius 3 is 3.00 bits per heavy atom. The topological polar surface area (TPSA) is 72.3 Å². The van der Waals surface area contributed by atoms with E-state index in [0.29, 0.717) is 24.9 Å². The van der Waals surface area contributed by atoms with Crippen LogP contribution in [0.3, 0.4) is 0 Å². The molecule has 2 aromatic rings. The van der Waals surface area contributed by atoms with Crippen molar-refractivity contribution in [2.45, 2.75) is 25.6 Å². The van der Waals surface area contributed by atoms with Crippen LogP contribution in [0.15, 0.2) is 30.9 Å². The van der Waals surface area contributed by atoms with Crippen LogP contribution in [-0.4, -0.2) is 51.8 Å². The van der Waals surface area contributed by atoms with Gasteiger partial charge in [0.25, 0.3) is 0 Å². The molecule has 2 fully saturated rings. The van der Waals surface area contributed by atoms with Crippen LogP contribution in [0.2, 0.25) is 0 Å². The van der Waals surface area contributed by atoms with Crippen LogP contribution >= 0.6 is 0 Å². The molecule has 4 rings (SSSR count). The maximum Gasteiger partial charge on any atom is 0.220 e. The Labute approximate surface area is 140 Å². The number of hydrogen-bond donors (Lipinski definition) is 1. The van der Waals surface area contributed by atoms with E-state index in [0.717, 1.165) is 30.9 Å². The molecule has 1 aromatic carbocycles. The summed E-state index contributed by atoms with van der Waals surface area (Å²) >= 11 is 0. The number of hydrogen-bond acceptors (Lipinski definition) is 5. The lowest BCUT2D eigenvalue weighted by molar-refractivity contribution is -0.119. The molecule has 2 aliphatic heterocycles. The summed E-state index contributed by atoms with van der Waals surface area (Å²) in [6, 6.07) is 6.62. The Morgan fingerprint density at radius 2 is 2.25 bits per heavy atom. The van der Waals surface area contributed by atoms with E-state index in [-0.39, 0.29) is 5.91 Å². The number of carbonyl (C=O) groups excluding carboxylic acids is 1. The van der Waals surface area contributed by atoms with Gasteiger partial charge in [-0.1, -0.05) is 6.07 Å². The zero-order valence-corrected chi connectivity index (χ0v) is 13.7. The molecule has 2 atom stereocenters. The number of nitrogens with one attached hydrogen (secondary N) is 1. The van der Waals surface area contributed by atoms with Crippen LogP contribution in [0.1, 0.15) is 17.5 Å². The standard InChI is InChI=1S/C17H21N5O2/c1-24-16-3-2-12(4-14(16)8-22-11-18-10-19-22)6-21-7-13-5-17(23)20-15(13)9-21/h2-4,10-11,13,15H,5-9H2,1H3,(H,20,23)/t13-,15+/m0/s1. The van der Waals surface area contributed by atoms with E-state index < -0.39 is 0 Å². The predicted octanol–water partition coefficient (Wildman–Crippen LogP) is 0.655. The minimum absolute atomic E-state index is 0.198. The number of ether oxygens (including phenoxy) is 1. The van der Waals surface area contributed by atoms with Gasteiger partial charge in [0.15, 0.2) is 0 Å². The molecule has 0 aliphatic carbocycles. The third-order valence-electron chi connectivity index (χ3n) is 4.86. The van der Waals surface area contributed by atoms with E-state index in [2.05, 4.69) is 32.4 Å². The van der Waals surface area contributed by atoms with Crippen LogP contribution in [0.5, 0.6) is 5.75 Å². The molecule has 1 amide bonds. The van der Waals surface area contributed by atoms with E-state index in [1.54, 1.807) is 18.1 Å². The van der Waals surface area contributed by atoms with Crippen molar-refractivity contribution in [3.63, 3.8) is 0 Å².